The lowest BCUT2D eigenvalue weighted by Crippen LogP contribution is -2.13. The van der Waals surface area contributed by atoms with Gasteiger partial charge in [0.25, 0.3) is 5.69 Å². The fraction of sp³-hybridized carbons (Fsp3) is 0.438. The molecule has 1 heterocycles. The Bertz CT molecular complexity index is 663. The van der Waals surface area contributed by atoms with E-state index in [-0.39, 0.29) is 18.2 Å². The molecular weight excluding hydrogens is 284 g/mol. The SMILES string of the molecule is CCCCCCOC(=O)Cn1ccc2cc([N+](=O)[O-])ccc21. The van der Waals surface area contributed by atoms with Gasteiger partial charge < -0.3 is 9.30 Å². The fourth-order valence-electron chi connectivity index (χ4n) is 2.34. The summed E-state index contributed by atoms with van der Waals surface area (Å²) in [6.45, 7) is 2.70. The quantitative estimate of drug-likeness (QED) is 0.323. The summed E-state index contributed by atoms with van der Waals surface area (Å²) in [4.78, 5) is 22.1. The maximum absolute atomic E-state index is 11.8. The lowest BCUT2D eigenvalue weighted by Gasteiger charge is -2.07. The first kappa shape index (κ1) is 16.0. The molecular formula is C16H20N2O4. The number of aromatic nitrogens is 1. The minimum atomic E-state index is -0.429. The molecule has 0 fully saturated rings. The molecule has 0 N–H and O–H groups in total. The number of nitrogens with zero attached hydrogens (tertiary/aromatic N) is 2. The molecule has 6 nitrogen and oxygen atoms in total. The van der Waals surface area contributed by atoms with Crippen molar-refractivity contribution in [1.82, 2.24) is 4.57 Å². The third-order valence-electron chi connectivity index (χ3n) is 3.53. The van der Waals surface area contributed by atoms with Gasteiger partial charge in [-0.15, -0.1) is 0 Å². The summed E-state index contributed by atoms with van der Waals surface area (Å²) in [5.41, 5.74) is 0.831. The highest BCUT2D eigenvalue weighted by Gasteiger charge is 2.11. The summed E-state index contributed by atoms with van der Waals surface area (Å²) in [6, 6.07) is 6.36. The van der Waals surface area contributed by atoms with Crippen LogP contribution in [0.5, 0.6) is 0 Å². The number of ether oxygens (including phenoxy) is 1. The van der Waals surface area contributed by atoms with Crippen molar-refractivity contribution in [2.24, 2.45) is 0 Å². The maximum Gasteiger partial charge on any atom is 0.325 e. The molecule has 1 aromatic carbocycles. The summed E-state index contributed by atoms with van der Waals surface area (Å²) >= 11 is 0. The minimum Gasteiger partial charge on any atom is -0.464 e. The molecule has 0 atom stereocenters. The zero-order valence-electron chi connectivity index (χ0n) is 12.7. The Balaban J connectivity index is 1.94. The van der Waals surface area contributed by atoms with Crippen LogP contribution in [0.15, 0.2) is 30.5 Å². The largest absolute Gasteiger partial charge is 0.464 e. The molecule has 0 saturated carbocycles. The van der Waals surface area contributed by atoms with Crippen LogP contribution in [0, 0.1) is 10.1 Å². The van der Waals surface area contributed by atoms with Gasteiger partial charge in [-0.3, -0.25) is 14.9 Å². The molecule has 0 radical (unpaired) electrons. The third kappa shape index (κ3) is 4.07. The van der Waals surface area contributed by atoms with Crippen LogP contribution in [0.4, 0.5) is 5.69 Å². The van der Waals surface area contributed by atoms with E-state index < -0.39 is 4.92 Å². The van der Waals surface area contributed by atoms with E-state index in [1.54, 1.807) is 22.9 Å². The second-order valence-electron chi connectivity index (χ2n) is 5.22. The van der Waals surface area contributed by atoms with Gasteiger partial charge in [0, 0.05) is 29.2 Å². The number of rotatable bonds is 8. The maximum atomic E-state index is 11.8. The van der Waals surface area contributed by atoms with Gasteiger partial charge in [-0.25, -0.2) is 0 Å². The minimum absolute atomic E-state index is 0.0451. The standard InChI is InChI=1S/C16H20N2O4/c1-2-3-4-5-10-22-16(19)12-17-9-8-13-11-14(18(20)21)6-7-15(13)17/h6-9,11H,2-5,10,12H2,1H3. The number of carbonyl (C=O) groups excluding carboxylic acids is 1. The number of hydrogen-bond donors (Lipinski definition) is 0. The fourth-order valence-corrected chi connectivity index (χ4v) is 2.34. The molecule has 6 heteroatoms. The Morgan fingerprint density at radius 3 is 2.82 bits per heavy atom. The Morgan fingerprint density at radius 1 is 1.27 bits per heavy atom. The number of carbonyl (C=O) groups is 1. The normalized spacial score (nSPS) is 10.8. The van der Waals surface area contributed by atoms with E-state index in [0.29, 0.717) is 6.61 Å². The zero-order chi connectivity index (χ0) is 15.9. The molecule has 2 rings (SSSR count). The number of nitro groups is 1. The average molecular weight is 304 g/mol. The molecule has 0 unspecified atom stereocenters. The third-order valence-corrected chi connectivity index (χ3v) is 3.53. The molecule has 22 heavy (non-hydrogen) atoms. The van der Waals surface area contributed by atoms with Crippen LogP contribution >= 0.6 is 0 Å². The second kappa shape index (κ2) is 7.59. The van der Waals surface area contributed by atoms with Crippen LogP contribution in [0.2, 0.25) is 0 Å². The van der Waals surface area contributed by atoms with Gasteiger partial charge in [0.15, 0.2) is 0 Å². The Kier molecular flexibility index (Phi) is 5.52. The van der Waals surface area contributed by atoms with Crippen molar-refractivity contribution in [2.45, 2.75) is 39.2 Å². The van der Waals surface area contributed by atoms with Gasteiger partial charge in [-0.2, -0.15) is 0 Å². The molecule has 0 aliphatic rings. The van der Waals surface area contributed by atoms with E-state index in [0.717, 1.165) is 36.6 Å². The van der Waals surface area contributed by atoms with Gasteiger partial charge in [0.2, 0.25) is 0 Å². The first-order valence-corrected chi connectivity index (χ1v) is 7.50. The number of nitro benzene ring substituents is 1. The Labute approximate surface area is 128 Å². The summed E-state index contributed by atoms with van der Waals surface area (Å²) < 4.78 is 6.95. The number of benzene rings is 1. The van der Waals surface area contributed by atoms with Crippen molar-refractivity contribution in [3.8, 4) is 0 Å². The van der Waals surface area contributed by atoms with Crippen LogP contribution in [-0.2, 0) is 16.1 Å². The molecule has 0 spiro atoms. The first-order chi connectivity index (χ1) is 10.6. The van der Waals surface area contributed by atoms with Gasteiger partial charge in [-0.1, -0.05) is 26.2 Å². The van der Waals surface area contributed by atoms with Crippen molar-refractivity contribution in [3.63, 3.8) is 0 Å². The molecule has 2 aromatic rings. The first-order valence-electron chi connectivity index (χ1n) is 7.50. The highest BCUT2D eigenvalue weighted by atomic mass is 16.6. The summed E-state index contributed by atoms with van der Waals surface area (Å²) in [5, 5.41) is 11.5. The van der Waals surface area contributed by atoms with Crippen molar-refractivity contribution < 1.29 is 14.5 Å². The van der Waals surface area contributed by atoms with Gasteiger partial charge in [0.1, 0.15) is 6.54 Å². The number of fused-ring (bicyclic) bond motifs is 1. The number of unbranched alkanes of at least 4 members (excludes halogenated alkanes) is 3. The lowest BCUT2D eigenvalue weighted by molar-refractivity contribution is -0.384. The summed E-state index contributed by atoms with van der Waals surface area (Å²) in [6.07, 6.45) is 6.00. The van der Waals surface area contributed by atoms with Crippen LogP contribution in [0.25, 0.3) is 10.9 Å². The number of hydrogen-bond acceptors (Lipinski definition) is 4. The average Bonchev–Trinajstić information content (AvgIpc) is 2.89. The zero-order valence-corrected chi connectivity index (χ0v) is 12.7. The van der Waals surface area contributed by atoms with Gasteiger partial charge in [0.05, 0.1) is 11.5 Å². The van der Waals surface area contributed by atoms with Crippen molar-refractivity contribution in [3.05, 3.63) is 40.6 Å². The Hall–Kier alpha value is -2.37. The highest BCUT2D eigenvalue weighted by molar-refractivity contribution is 5.84. The second-order valence-corrected chi connectivity index (χ2v) is 5.22. The van der Waals surface area contributed by atoms with E-state index in [1.165, 1.54) is 12.1 Å². The van der Waals surface area contributed by atoms with Gasteiger partial charge >= 0.3 is 5.97 Å². The molecule has 0 saturated heterocycles. The summed E-state index contributed by atoms with van der Waals surface area (Å²) in [5.74, 6) is -0.285. The Morgan fingerprint density at radius 2 is 2.09 bits per heavy atom. The lowest BCUT2D eigenvalue weighted by atomic mass is 10.2. The van der Waals surface area contributed by atoms with Crippen LogP contribution in [0.3, 0.4) is 0 Å². The van der Waals surface area contributed by atoms with Crippen molar-refractivity contribution in [1.29, 1.82) is 0 Å². The van der Waals surface area contributed by atoms with E-state index >= 15 is 0 Å². The molecule has 0 bridgehead atoms. The predicted molar refractivity (Wildman–Crippen MR) is 83.7 cm³/mol. The van der Waals surface area contributed by atoms with E-state index in [4.69, 9.17) is 4.74 Å². The summed E-state index contributed by atoms with van der Waals surface area (Å²) in [7, 11) is 0. The van der Waals surface area contributed by atoms with E-state index in [9.17, 15) is 14.9 Å². The van der Waals surface area contributed by atoms with Crippen molar-refractivity contribution in [2.75, 3.05) is 6.61 Å². The smallest absolute Gasteiger partial charge is 0.325 e. The molecule has 0 aliphatic carbocycles. The van der Waals surface area contributed by atoms with Crippen LogP contribution in [-0.4, -0.2) is 22.1 Å². The van der Waals surface area contributed by atoms with E-state index in [1.807, 2.05) is 0 Å². The highest BCUT2D eigenvalue weighted by Crippen LogP contribution is 2.21. The number of non-ortho nitro benzene ring substituents is 1. The molecule has 0 aliphatic heterocycles. The van der Waals surface area contributed by atoms with Crippen molar-refractivity contribution >= 4 is 22.6 Å². The molecule has 1 aromatic heterocycles. The van der Waals surface area contributed by atoms with Crippen LogP contribution in [0.1, 0.15) is 32.6 Å². The monoisotopic (exact) mass is 304 g/mol. The molecule has 118 valence electrons. The molecule has 0 amide bonds. The van der Waals surface area contributed by atoms with Gasteiger partial charge in [-0.05, 0) is 18.6 Å². The van der Waals surface area contributed by atoms with Crippen LogP contribution < -0.4 is 0 Å². The van der Waals surface area contributed by atoms with E-state index in [2.05, 4.69) is 6.92 Å². The number of esters is 1. The predicted octanol–water partition coefficient (Wildman–Crippen LogP) is 3.67. The topological polar surface area (TPSA) is 74.4 Å².